The maximum absolute atomic E-state index is 12.2. The average Bonchev–Trinajstić information content (AvgIpc) is 2.85. The molecular formula is C12H15NO3S. The summed E-state index contributed by atoms with van der Waals surface area (Å²) in [4.78, 5) is 25.7. The Bertz CT molecular complexity index is 468. The first-order chi connectivity index (χ1) is 7.94. The first kappa shape index (κ1) is 12.1. The summed E-state index contributed by atoms with van der Waals surface area (Å²) in [6.07, 6.45) is 0.526. The first-order valence-electron chi connectivity index (χ1n) is 5.51. The number of rotatable bonds is 2. The number of aliphatic carboxylic acids is 1. The Labute approximate surface area is 104 Å². The van der Waals surface area contributed by atoms with E-state index in [1.807, 2.05) is 18.4 Å². The van der Waals surface area contributed by atoms with Crippen molar-refractivity contribution in [3.63, 3.8) is 0 Å². The summed E-state index contributed by atoms with van der Waals surface area (Å²) in [5.74, 6) is -0.863. The van der Waals surface area contributed by atoms with Crippen molar-refractivity contribution >= 4 is 23.2 Å². The molecule has 0 aliphatic carbocycles. The highest BCUT2D eigenvalue weighted by Crippen LogP contribution is 2.32. The minimum absolute atomic E-state index is 0.0394. The molecule has 0 spiro atoms. The number of carboxylic acid groups (broad SMARTS) is 1. The van der Waals surface area contributed by atoms with Gasteiger partial charge in [-0.1, -0.05) is 0 Å². The third-order valence-corrected chi connectivity index (χ3v) is 4.34. The van der Waals surface area contributed by atoms with Crippen molar-refractivity contribution in [2.24, 2.45) is 5.41 Å². The maximum Gasteiger partial charge on any atom is 0.311 e. The molecule has 1 aromatic rings. The second-order valence-corrected chi connectivity index (χ2v) is 5.69. The number of hydrogen-bond donors (Lipinski definition) is 1. The van der Waals surface area contributed by atoms with Crippen molar-refractivity contribution in [1.29, 1.82) is 0 Å². The van der Waals surface area contributed by atoms with Gasteiger partial charge in [-0.05, 0) is 37.3 Å². The van der Waals surface area contributed by atoms with Crippen LogP contribution in [0.15, 0.2) is 11.4 Å². The number of carbonyl (C=O) groups is 2. The predicted molar refractivity (Wildman–Crippen MR) is 65.3 cm³/mol. The molecule has 92 valence electrons. The molecular weight excluding hydrogens is 238 g/mol. The molecule has 1 fully saturated rings. The van der Waals surface area contributed by atoms with Gasteiger partial charge >= 0.3 is 5.97 Å². The molecule has 1 aliphatic heterocycles. The molecule has 5 heteroatoms. The quantitative estimate of drug-likeness (QED) is 0.877. The van der Waals surface area contributed by atoms with Crippen molar-refractivity contribution in [2.45, 2.75) is 20.3 Å². The fourth-order valence-electron chi connectivity index (χ4n) is 2.04. The molecule has 1 atom stereocenters. The van der Waals surface area contributed by atoms with Gasteiger partial charge in [-0.2, -0.15) is 0 Å². The van der Waals surface area contributed by atoms with Crippen LogP contribution in [0.1, 0.15) is 28.6 Å². The van der Waals surface area contributed by atoms with Crippen molar-refractivity contribution < 1.29 is 14.7 Å². The SMILES string of the molecule is Cc1ccsc1C(=O)N1CCC(C)(C(=O)O)C1. The molecule has 1 aromatic heterocycles. The molecule has 2 rings (SSSR count). The van der Waals surface area contributed by atoms with Crippen LogP contribution in [-0.2, 0) is 4.79 Å². The number of nitrogens with zero attached hydrogens (tertiary/aromatic N) is 1. The first-order valence-corrected chi connectivity index (χ1v) is 6.39. The number of aryl methyl sites for hydroxylation is 1. The Morgan fingerprint density at radius 2 is 2.24 bits per heavy atom. The largest absolute Gasteiger partial charge is 0.481 e. The van der Waals surface area contributed by atoms with E-state index in [1.165, 1.54) is 11.3 Å². The molecule has 2 heterocycles. The molecule has 17 heavy (non-hydrogen) atoms. The van der Waals surface area contributed by atoms with Gasteiger partial charge in [0.15, 0.2) is 0 Å². The number of hydrogen-bond acceptors (Lipinski definition) is 3. The Morgan fingerprint density at radius 3 is 2.71 bits per heavy atom. The van der Waals surface area contributed by atoms with E-state index in [0.29, 0.717) is 19.5 Å². The van der Waals surface area contributed by atoms with Crippen LogP contribution in [0, 0.1) is 12.3 Å². The minimum Gasteiger partial charge on any atom is -0.481 e. The molecule has 1 saturated heterocycles. The molecule has 0 aromatic carbocycles. The van der Waals surface area contributed by atoms with E-state index in [2.05, 4.69) is 0 Å². The van der Waals surface area contributed by atoms with Crippen molar-refractivity contribution in [2.75, 3.05) is 13.1 Å². The number of amides is 1. The monoisotopic (exact) mass is 253 g/mol. The number of likely N-dealkylation sites (tertiary alicyclic amines) is 1. The van der Waals surface area contributed by atoms with Crippen molar-refractivity contribution in [3.05, 3.63) is 21.9 Å². The number of thiophene rings is 1. The Morgan fingerprint density at radius 1 is 1.53 bits per heavy atom. The lowest BCUT2D eigenvalue weighted by Gasteiger charge is -2.19. The molecule has 4 nitrogen and oxygen atoms in total. The molecule has 0 radical (unpaired) electrons. The van der Waals surface area contributed by atoms with Gasteiger partial charge in [0.25, 0.3) is 5.91 Å². The fourth-order valence-corrected chi connectivity index (χ4v) is 2.94. The highest BCUT2D eigenvalue weighted by Gasteiger charge is 2.42. The zero-order valence-electron chi connectivity index (χ0n) is 9.90. The van der Waals surface area contributed by atoms with Crippen LogP contribution in [-0.4, -0.2) is 35.0 Å². The van der Waals surface area contributed by atoms with Crippen LogP contribution >= 0.6 is 11.3 Å². The lowest BCUT2D eigenvalue weighted by atomic mass is 9.90. The van der Waals surface area contributed by atoms with E-state index in [1.54, 1.807) is 11.8 Å². The summed E-state index contributed by atoms with van der Waals surface area (Å²) in [7, 11) is 0. The summed E-state index contributed by atoms with van der Waals surface area (Å²) in [5.41, 5.74) is 0.171. The standard InChI is InChI=1S/C12H15NO3S/c1-8-3-6-17-9(8)10(14)13-5-4-12(2,7-13)11(15)16/h3,6H,4-5,7H2,1-2H3,(H,15,16). The minimum atomic E-state index is -0.823. The Hall–Kier alpha value is -1.36. The number of carboxylic acids is 1. The smallest absolute Gasteiger partial charge is 0.311 e. The average molecular weight is 253 g/mol. The molecule has 1 unspecified atom stereocenters. The topological polar surface area (TPSA) is 57.6 Å². The van der Waals surface area contributed by atoms with Gasteiger partial charge in [0.1, 0.15) is 0 Å². The normalized spacial score (nSPS) is 24.0. The third kappa shape index (κ3) is 2.07. The summed E-state index contributed by atoms with van der Waals surface area (Å²) < 4.78 is 0. The zero-order chi connectivity index (χ0) is 12.6. The third-order valence-electron chi connectivity index (χ3n) is 3.33. The predicted octanol–water partition coefficient (Wildman–Crippen LogP) is 1.99. The van der Waals surface area contributed by atoms with Gasteiger partial charge in [-0.25, -0.2) is 0 Å². The summed E-state index contributed by atoms with van der Waals surface area (Å²) in [6, 6.07) is 1.91. The second-order valence-electron chi connectivity index (χ2n) is 4.78. The molecule has 1 amide bonds. The van der Waals surface area contributed by atoms with Crippen LogP contribution in [0.5, 0.6) is 0 Å². The molecule has 0 bridgehead atoms. The van der Waals surface area contributed by atoms with Gasteiger partial charge in [-0.3, -0.25) is 9.59 Å². The highest BCUT2D eigenvalue weighted by atomic mass is 32.1. The van der Waals surface area contributed by atoms with E-state index in [9.17, 15) is 9.59 Å². The van der Waals surface area contributed by atoms with E-state index in [4.69, 9.17) is 5.11 Å². The molecule has 1 N–H and O–H groups in total. The second kappa shape index (κ2) is 4.14. The van der Waals surface area contributed by atoms with Crippen LogP contribution in [0.4, 0.5) is 0 Å². The lowest BCUT2D eigenvalue weighted by molar-refractivity contribution is -0.147. The summed E-state index contributed by atoms with van der Waals surface area (Å²) in [6.45, 7) is 4.43. The van der Waals surface area contributed by atoms with Gasteiger partial charge in [-0.15, -0.1) is 11.3 Å². The summed E-state index contributed by atoms with van der Waals surface area (Å²) >= 11 is 1.41. The van der Waals surface area contributed by atoms with Gasteiger partial charge in [0.2, 0.25) is 0 Å². The fraction of sp³-hybridized carbons (Fsp3) is 0.500. The van der Waals surface area contributed by atoms with Gasteiger partial charge < -0.3 is 10.0 Å². The van der Waals surface area contributed by atoms with Gasteiger partial charge in [0, 0.05) is 13.1 Å². The van der Waals surface area contributed by atoms with E-state index < -0.39 is 11.4 Å². The van der Waals surface area contributed by atoms with Crippen LogP contribution in [0.25, 0.3) is 0 Å². The van der Waals surface area contributed by atoms with Crippen LogP contribution in [0.3, 0.4) is 0 Å². The van der Waals surface area contributed by atoms with E-state index in [0.717, 1.165) is 10.4 Å². The summed E-state index contributed by atoms with van der Waals surface area (Å²) in [5, 5.41) is 11.0. The van der Waals surface area contributed by atoms with Crippen LogP contribution < -0.4 is 0 Å². The van der Waals surface area contributed by atoms with Crippen LogP contribution in [0.2, 0.25) is 0 Å². The maximum atomic E-state index is 12.2. The van der Waals surface area contributed by atoms with Crippen molar-refractivity contribution in [3.8, 4) is 0 Å². The lowest BCUT2D eigenvalue weighted by Crippen LogP contribution is -2.34. The molecule has 0 saturated carbocycles. The Balaban J connectivity index is 2.15. The van der Waals surface area contributed by atoms with Crippen molar-refractivity contribution in [1.82, 2.24) is 4.90 Å². The molecule has 1 aliphatic rings. The highest BCUT2D eigenvalue weighted by molar-refractivity contribution is 7.12. The van der Waals surface area contributed by atoms with E-state index in [-0.39, 0.29) is 5.91 Å². The Kier molecular flexibility index (Phi) is 2.95. The van der Waals surface area contributed by atoms with Gasteiger partial charge in [0.05, 0.1) is 10.3 Å². The van der Waals surface area contributed by atoms with E-state index >= 15 is 0 Å². The zero-order valence-corrected chi connectivity index (χ0v) is 10.7. The number of carbonyl (C=O) groups excluding carboxylic acids is 1.